The topological polar surface area (TPSA) is 63.2 Å². The van der Waals surface area contributed by atoms with Gasteiger partial charge in [-0.3, -0.25) is 9.78 Å². The Bertz CT molecular complexity index is 417. The molecule has 0 bridgehead atoms. The Hall–Kier alpha value is -1.62. The summed E-state index contributed by atoms with van der Waals surface area (Å²) in [6, 6.07) is 3.88. The number of hydrogen-bond donors (Lipinski definition) is 2. The molecule has 0 radical (unpaired) electrons. The number of hydrogen-bond acceptors (Lipinski definition) is 4. The lowest BCUT2D eigenvalue weighted by atomic mass is 10.1. The van der Waals surface area contributed by atoms with Gasteiger partial charge in [0.05, 0.1) is 0 Å². The fourth-order valence-electron chi connectivity index (χ4n) is 2.14. The van der Waals surface area contributed by atoms with E-state index in [9.17, 15) is 4.79 Å². The van der Waals surface area contributed by atoms with E-state index in [2.05, 4.69) is 15.6 Å². The second-order valence-electron chi connectivity index (χ2n) is 4.69. The zero-order valence-electron chi connectivity index (χ0n) is 11.3. The van der Waals surface area contributed by atoms with E-state index in [0.29, 0.717) is 30.6 Å². The van der Waals surface area contributed by atoms with E-state index in [1.54, 1.807) is 18.3 Å². The van der Waals surface area contributed by atoms with Crippen molar-refractivity contribution in [1.82, 2.24) is 15.6 Å². The molecule has 1 aliphatic heterocycles. The summed E-state index contributed by atoms with van der Waals surface area (Å²) >= 11 is 0. The summed E-state index contributed by atoms with van der Waals surface area (Å²) in [7, 11) is 0. The molecule has 0 saturated carbocycles. The van der Waals surface area contributed by atoms with Gasteiger partial charge in [0.15, 0.2) is 0 Å². The Morgan fingerprint density at radius 2 is 2.47 bits per heavy atom. The van der Waals surface area contributed by atoms with E-state index in [1.165, 1.54) is 12.8 Å². The Morgan fingerprint density at radius 3 is 3.21 bits per heavy atom. The van der Waals surface area contributed by atoms with Gasteiger partial charge in [-0.15, -0.1) is 0 Å². The van der Waals surface area contributed by atoms with E-state index in [4.69, 9.17) is 4.74 Å². The summed E-state index contributed by atoms with van der Waals surface area (Å²) in [6.45, 7) is 4.18. The van der Waals surface area contributed by atoms with Crippen LogP contribution >= 0.6 is 0 Å². The van der Waals surface area contributed by atoms with Gasteiger partial charge in [0.2, 0.25) is 0 Å². The maximum atomic E-state index is 11.7. The molecule has 1 aromatic rings. The van der Waals surface area contributed by atoms with Crippen LogP contribution in [-0.4, -0.2) is 36.6 Å². The molecule has 1 atom stereocenters. The van der Waals surface area contributed by atoms with Crippen molar-refractivity contribution in [3.05, 3.63) is 24.0 Å². The van der Waals surface area contributed by atoms with Gasteiger partial charge in [-0.25, -0.2) is 0 Å². The number of nitrogens with zero attached hydrogens (tertiary/aromatic N) is 1. The molecular formula is C14H21N3O2. The molecule has 0 aromatic carbocycles. The number of aromatic nitrogens is 1. The van der Waals surface area contributed by atoms with Crippen LogP contribution in [0, 0.1) is 0 Å². The highest BCUT2D eigenvalue weighted by Crippen LogP contribution is 2.13. The van der Waals surface area contributed by atoms with Crippen molar-refractivity contribution < 1.29 is 9.53 Å². The first-order chi connectivity index (χ1) is 9.29. The predicted octanol–water partition coefficient (Wildman–Crippen LogP) is 1.35. The zero-order chi connectivity index (χ0) is 13.5. The predicted molar refractivity (Wildman–Crippen MR) is 73.4 cm³/mol. The SMILES string of the molecule is CCNC(=O)c1cc(OCC2CCCCN2)ccn1. The second-order valence-corrected chi connectivity index (χ2v) is 4.69. The van der Waals surface area contributed by atoms with Crippen molar-refractivity contribution in [2.75, 3.05) is 19.7 Å². The van der Waals surface area contributed by atoms with Crippen molar-refractivity contribution in [2.45, 2.75) is 32.2 Å². The van der Waals surface area contributed by atoms with Crippen LogP contribution in [-0.2, 0) is 0 Å². The van der Waals surface area contributed by atoms with E-state index in [1.807, 2.05) is 6.92 Å². The normalized spacial score (nSPS) is 18.9. The molecule has 1 unspecified atom stereocenters. The number of carbonyl (C=O) groups is 1. The number of nitrogens with one attached hydrogen (secondary N) is 2. The van der Waals surface area contributed by atoms with E-state index >= 15 is 0 Å². The first-order valence-corrected chi connectivity index (χ1v) is 6.90. The molecule has 5 nitrogen and oxygen atoms in total. The maximum Gasteiger partial charge on any atom is 0.270 e. The average Bonchev–Trinajstić information content (AvgIpc) is 2.47. The summed E-state index contributed by atoms with van der Waals surface area (Å²) in [5.41, 5.74) is 0.399. The Kier molecular flexibility index (Phi) is 5.15. The largest absolute Gasteiger partial charge is 0.492 e. The fourth-order valence-corrected chi connectivity index (χ4v) is 2.14. The third-order valence-corrected chi connectivity index (χ3v) is 3.16. The van der Waals surface area contributed by atoms with Gasteiger partial charge in [-0.2, -0.15) is 0 Å². The summed E-state index contributed by atoms with van der Waals surface area (Å²) < 4.78 is 5.73. The van der Waals surface area contributed by atoms with E-state index < -0.39 is 0 Å². The van der Waals surface area contributed by atoms with Gasteiger partial charge < -0.3 is 15.4 Å². The smallest absolute Gasteiger partial charge is 0.270 e. The molecule has 2 N–H and O–H groups in total. The van der Waals surface area contributed by atoms with Crippen molar-refractivity contribution in [3.8, 4) is 5.75 Å². The van der Waals surface area contributed by atoms with Gasteiger partial charge in [0, 0.05) is 24.8 Å². The minimum atomic E-state index is -0.163. The first-order valence-electron chi connectivity index (χ1n) is 6.90. The molecule has 1 aromatic heterocycles. The van der Waals surface area contributed by atoms with Crippen LogP contribution in [0.5, 0.6) is 5.75 Å². The lowest BCUT2D eigenvalue weighted by molar-refractivity contribution is 0.0950. The average molecular weight is 263 g/mol. The number of piperidine rings is 1. The molecule has 104 valence electrons. The molecule has 2 heterocycles. The Morgan fingerprint density at radius 1 is 1.58 bits per heavy atom. The summed E-state index contributed by atoms with van der Waals surface area (Å²) in [5.74, 6) is 0.535. The van der Waals surface area contributed by atoms with Crippen LogP contribution in [0.3, 0.4) is 0 Å². The molecule has 1 amide bonds. The number of carbonyl (C=O) groups excluding carboxylic acids is 1. The molecule has 5 heteroatoms. The van der Waals surface area contributed by atoms with Crippen LogP contribution in [0.1, 0.15) is 36.7 Å². The number of rotatable bonds is 5. The molecule has 1 aliphatic rings. The molecule has 0 spiro atoms. The number of pyridine rings is 1. The summed E-state index contributed by atoms with van der Waals surface area (Å²) in [5, 5.41) is 6.15. The van der Waals surface area contributed by atoms with Crippen molar-refractivity contribution in [2.24, 2.45) is 0 Å². The van der Waals surface area contributed by atoms with Crippen LogP contribution in [0.2, 0.25) is 0 Å². The lowest BCUT2D eigenvalue weighted by Crippen LogP contribution is -2.38. The van der Waals surface area contributed by atoms with Crippen molar-refractivity contribution >= 4 is 5.91 Å². The molecule has 1 saturated heterocycles. The highest BCUT2D eigenvalue weighted by Gasteiger charge is 2.13. The van der Waals surface area contributed by atoms with Gasteiger partial charge in [-0.05, 0) is 32.4 Å². The first kappa shape index (κ1) is 13.8. The summed E-state index contributed by atoms with van der Waals surface area (Å²) in [4.78, 5) is 15.7. The van der Waals surface area contributed by atoms with Crippen molar-refractivity contribution in [3.63, 3.8) is 0 Å². The standard InChI is InChI=1S/C14H21N3O2/c1-2-15-14(18)13-9-12(6-8-17-13)19-10-11-5-3-4-7-16-11/h6,8-9,11,16H,2-5,7,10H2,1H3,(H,15,18). The monoisotopic (exact) mass is 263 g/mol. The molecule has 2 rings (SSSR count). The third kappa shape index (κ3) is 4.21. The van der Waals surface area contributed by atoms with Crippen LogP contribution in [0.15, 0.2) is 18.3 Å². The van der Waals surface area contributed by atoms with Gasteiger partial charge in [0.25, 0.3) is 5.91 Å². The van der Waals surface area contributed by atoms with Crippen LogP contribution in [0.25, 0.3) is 0 Å². The Balaban J connectivity index is 1.89. The van der Waals surface area contributed by atoms with Crippen LogP contribution in [0.4, 0.5) is 0 Å². The molecule has 19 heavy (non-hydrogen) atoms. The highest BCUT2D eigenvalue weighted by atomic mass is 16.5. The number of ether oxygens (including phenoxy) is 1. The Labute approximate surface area is 113 Å². The van der Waals surface area contributed by atoms with Gasteiger partial charge in [-0.1, -0.05) is 6.42 Å². The maximum absolute atomic E-state index is 11.7. The lowest BCUT2D eigenvalue weighted by Gasteiger charge is -2.23. The van der Waals surface area contributed by atoms with Gasteiger partial charge in [0.1, 0.15) is 18.1 Å². The third-order valence-electron chi connectivity index (χ3n) is 3.16. The molecular weight excluding hydrogens is 242 g/mol. The van der Waals surface area contributed by atoms with E-state index in [0.717, 1.165) is 13.0 Å². The highest BCUT2D eigenvalue weighted by molar-refractivity contribution is 5.92. The van der Waals surface area contributed by atoms with Crippen molar-refractivity contribution in [1.29, 1.82) is 0 Å². The molecule has 0 aliphatic carbocycles. The van der Waals surface area contributed by atoms with E-state index in [-0.39, 0.29) is 5.91 Å². The summed E-state index contributed by atoms with van der Waals surface area (Å²) in [6.07, 6.45) is 5.25. The number of amides is 1. The van der Waals surface area contributed by atoms with Gasteiger partial charge >= 0.3 is 0 Å². The molecule has 1 fully saturated rings. The zero-order valence-corrected chi connectivity index (χ0v) is 11.3. The minimum Gasteiger partial charge on any atom is -0.492 e. The van der Waals surface area contributed by atoms with Crippen LogP contribution < -0.4 is 15.4 Å². The quantitative estimate of drug-likeness (QED) is 0.842. The fraction of sp³-hybridized carbons (Fsp3) is 0.571. The minimum absolute atomic E-state index is 0.163. The second kappa shape index (κ2) is 7.09.